The van der Waals surface area contributed by atoms with Crippen molar-refractivity contribution in [1.82, 2.24) is 9.78 Å². The van der Waals surface area contributed by atoms with E-state index in [0.29, 0.717) is 17.3 Å². The van der Waals surface area contributed by atoms with Crippen molar-refractivity contribution in [3.05, 3.63) is 51.3 Å². The second-order valence-corrected chi connectivity index (χ2v) is 5.17. The molecule has 0 saturated carbocycles. The average molecular weight is 277 g/mol. The minimum atomic E-state index is -0.0562. The largest absolute Gasteiger partial charge is 0.287 e. The number of rotatable bonds is 3. The molecule has 0 aliphatic rings. The van der Waals surface area contributed by atoms with Crippen LogP contribution in [-0.4, -0.2) is 15.6 Å². The lowest BCUT2D eigenvalue weighted by molar-refractivity contribution is 0.102. The van der Waals surface area contributed by atoms with Crippen LogP contribution in [0.2, 0.25) is 5.02 Å². The molecular formula is C15H17ClN2O. The van der Waals surface area contributed by atoms with Crippen molar-refractivity contribution in [1.29, 1.82) is 0 Å². The zero-order chi connectivity index (χ0) is 14.2. The highest BCUT2D eigenvalue weighted by atomic mass is 35.5. The third-order valence-electron chi connectivity index (χ3n) is 3.21. The summed E-state index contributed by atoms with van der Waals surface area (Å²) in [6.07, 6.45) is 1.52. The Bertz CT molecular complexity index is 621. The molecule has 1 aromatic heterocycles. The Morgan fingerprint density at radius 3 is 2.37 bits per heavy atom. The van der Waals surface area contributed by atoms with Crippen LogP contribution in [0.5, 0.6) is 0 Å². The van der Waals surface area contributed by atoms with E-state index in [1.165, 1.54) is 6.20 Å². The highest BCUT2D eigenvalue weighted by Gasteiger charge is 2.21. The molecule has 19 heavy (non-hydrogen) atoms. The molecule has 3 nitrogen and oxygen atoms in total. The number of aromatic nitrogens is 2. The van der Waals surface area contributed by atoms with Gasteiger partial charge in [0, 0.05) is 12.1 Å². The zero-order valence-electron chi connectivity index (χ0n) is 11.6. The second-order valence-electron chi connectivity index (χ2n) is 4.76. The van der Waals surface area contributed by atoms with Gasteiger partial charge in [0.1, 0.15) is 5.69 Å². The molecule has 0 fully saturated rings. The normalized spacial score (nSPS) is 10.8. The van der Waals surface area contributed by atoms with Gasteiger partial charge in [-0.1, -0.05) is 29.3 Å². The lowest BCUT2D eigenvalue weighted by atomic mass is 9.95. The van der Waals surface area contributed by atoms with E-state index in [2.05, 4.69) is 5.10 Å². The number of aryl methyl sites for hydroxylation is 4. The summed E-state index contributed by atoms with van der Waals surface area (Å²) in [5.74, 6) is -0.0562. The van der Waals surface area contributed by atoms with Gasteiger partial charge < -0.3 is 0 Å². The first-order chi connectivity index (χ1) is 8.95. The van der Waals surface area contributed by atoms with Gasteiger partial charge in [-0.3, -0.25) is 9.48 Å². The number of carbonyl (C=O) groups excluding carboxylic acids is 1. The zero-order valence-corrected chi connectivity index (χ0v) is 12.4. The molecule has 0 amide bonds. The van der Waals surface area contributed by atoms with Gasteiger partial charge in [-0.2, -0.15) is 5.10 Å². The van der Waals surface area contributed by atoms with Crippen molar-refractivity contribution in [3.63, 3.8) is 0 Å². The SMILES string of the molecule is CCn1ncc(Cl)c1C(=O)c1c(C)cc(C)cc1C. The third-order valence-corrected chi connectivity index (χ3v) is 3.49. The molecule has 0 N–H and O–H groups in total. The molecule has 4 heteroatoms. The predicted molar refractivity (Wildman–Crippen MR) is 77.0 cm³/mol. The van der Waals surface area contributed by atoms with E-state index >= 15 is 0 Å². The Balaban J connectivity index is 2.59. The van der Waals surface area contributed by atoms with Crippen molar-refractivity contribution in [3.8, 4) is 0 Å². The first kappa shape index (κ1) is 13.8. The molecule has 0 saturated heterocycles. The molecule has 2 rings (SSSR count). The summed E-state index contributed by atoms with van der Waals surface area (Å²) >= 11 is 6.10. The van der Waals surface area contributed by atoms with Gasteiger partial charge in [0.05, 0.1) is 11.2 Å². The van der Waals surface area contributed by atoms with Crippen LogP contribution in [0.25, 0.3) is 0 Å². The fraction of sp³-hybridized carbons (Fsp3) is 0.333. The smallest absolute Gasteiger partial charge is 0.213 e. The van der Waals surface area contributed by atoms with Gasteiger partial charge in [0.2, 0.25) is 5.78 Å². The van der Waals surface area contributed by atoms with Gasteiger partial charge >= 0.3 is 0 Å². The predicted octanol–water partition coefficient (Wildman–Crippen LogP) is 3.71. The van der Waals surface area contributed by atoms with Crippen molar-refractivity contribution in [2.45, 2.75) is 34.2 Å². The fourth-order valence-corrected chi connectivity index (χ4v) is 2.71. The minimum Gasteiger partial charge on any atom is -0.287 e. The van der Waals surface area contributed by atoms with E-state index in [4.69, 9.17) is 11.6 Å². The van der Waals surface area contributed by atoms with Gasteiger partial charge in [-0.05, 0) is 38.8 Å². The molecule has 0 unspecified atom stereocenters. The van der Waals surface area contributed by atoms with Crippen LogP contribution in [0.1, 0.15) is 39.7 Å². The molecule has 0 atom stereocenters. The van der Waals surface area contributed by atoms with Crippen molar-refractivity contribution >= 4 is 17.4 Å². The summed E-state index contributed by atoms with van der Waals surface area (Å²) in [5, 5.41) is 4.53. The van der Waals surface area contributed by atoms with E-state index in [-0.39, 0.29) is 5.78 Å². The van der Waals surface area contributed by atoms with Crippen LogP contribution in [-0.2, 0) is 6.54 Å². The number of carbonyl (C=O) groups is 1. The number of benzene rings is 1. The van der Waals surface area contributed by atoms with E-state index in [1.807, 2.05) is 39.8 Å². The fourth-order valence-electron chi connectivity index (χ4n) is 2.48. The average Bonchev–Trinajstić information content (AvgIpc) is 2.68. The Morgan fingerprint density at radius 1 is 1.26 bits per heavy atom. The lowest BCUT2D eigenvalue weighted by Gasteiger charge is -2.11. The van der Waals surface area contributed by atoms with E-state index in [1.54, 1.807) is 4.68 Å². The topological polar surface area (TPSA) is 34.9 Å². The van der Waals surface area contributed by atoms with Gasteiger partial charge in [0.15, 0.2) is 0 Å². The molecular weight excluding hydrogens is 260 g/mol. The maximum atomic E-state index is 12.7. The summed E-state index contributed by atoms with van der Waals surface area (Å²) in [4.78, 5) is 12.7. The summed E-state index contributed by atoms with van der Waals surface area (Å²) in [5.41, 5.74) is 4.30. The Morgan fingerprint density at radius 2 is 1.84 bits per heavy atom. The monoisotopic (exact) mass is 276 g/mol. The molecule has 1 heterocycles. The first-order valence-electron chi connectivity index (χ1n) is 6.29. The van der Waals surface area contributed by atoms with Crippen LogP contribution >= 0.6 is 11.6 Å². The summed E-state index contributed by atoms with van der Waals surface area (Å²) in [7, 11) is 0. The summed E-state index contributed by atoms with van der Waals surface area (Å²) < 4.78 is 1.64. The van der Waals surface area contributed by atoms with E-state index < -0.39 is 0 Å². The summed E-state index contributed by atoms with van der Waals surface area (Å²) in [6, 6.07) is 4.03. The Kier molecular flexibility index (Phi) is 3.76. The number of halogens is 1. The second kappa shape index (κ2) is 5.17. The molecule has 0 radical (unpaired) electrons. The number of hydrogen-bond donors (Lipinski definition) is 0. The van der Waals surface area contributed by atoms with Crippen LogP contribution < -0.4 is 0 Å². The minimum absolute atomic E-state index is 0.0562. The molecule has 100 valence electrons. The van der Waals surface area contributed by atoms with E-state index in [9.17, 15) is 4.79 Å². The van der Waals surface area contributed by atoms with Crippen molar-refractivity contribution < 1.29 is 4.79 Å². The molecule has 1 aromatic carbocycles. The highest BCUT2D eigenvalue weighted by molar-refractivity contribution is 6.34. The van der Waals surface area contributed by atoms with Gasteiger partial charge in [-0.25, -0.2) is 0 Å². The summed E-state index contributed by atoms with van der Waals surface area (Å²) in [6.45, 7) is 8.49. The quantitative estimate of drug-likeness (QED) is 0.801. The molecule has 0 aliphatic carbocycles. The van der Waals surface area contributed by atoms with Gasteiger partial charge in [-0.15, -0.1) is 0 Å². The number of hydrogen-bond acceptors (Lipinski definition) is 2. The maximum Gasteiger partial charge on any atom is 0.213 e. The first-order valence-corrected chi connectivity index (χ1v) is 6.67. The Hall–Kier alpha value is -1.61. The van der Waals surface area contributed by atoms with Crippen LogP contribution in [0.3, 0.4) is 0 Å². The lowest BCUT2D eigenvalue weighted by Crippen LogP contribution is -2.13. The van der Waals surface area contributed by atoms with Crippen LogP contribution in [0.4, 0.5) is 0 Å². The number of ketones is 1. The van der Waals surface area contributed by atoms with Crippen molar-refractivity contribution in [2.24, 2.45) is 0 Å². The highest BCUT2D eigenvalue weighted by Crippen LogP contribution is 2.24. The Labute approximate surface area is 118 Å². The van der Waals surface area contributed by atoms with Crippen LogP contribution in [0, 0.1) is 20.8 Å². The van der Waals surface area contributed by atoms with Crippen molar-refractivity contribution in [2.75, 3.05) is 0 Å². The maximum absolute atomic E-state index is 12.7. The van der Waals surface area contributed by atoms with Gasteiger partial charge in [0.25, 0.3) is 0 Å². The molecule has 0 aliphatic heterocycles. The van der Waals surface area contributed by atoms with Crippen LogP contribution in [0.15, 0.2) is 18.3 Å². The third kappa shape index (κ3) is 2.43. The number of nitrogens with zero attached hydrogens (tertiary/aromatic N) is 2. The molecule has 2 aromatic rings. The molecule has 0 spiro atoms. The molecule has 0 bridgehead atoms. The van der Waals surface area contributed by atoms with E-state index in [0.717, 1.165) is 22.3 Å². The standard InChI is InChI=1S/C15H17ClN2O/c1-5-18-14(12(16)8-17-18)15(19)13-10(3)6-9(2)7-11(13)4/h6-8H,5H2,1-4H3.